The summed E-state index contributed by atoms with van der Waals surface area (Å²) in [5, 5.41) is 14.3. The Kier molecular flexibility index (Phi) is 5.07. The number of carbonyl (C=O) groups is 2. The summed E-state index contributed by atoms with van der Waals surface area (Å²) in [5.74, 6) is -2.32. The van der Waals surface area contributed by atoms with Crippen LogP contribution in [0.5, 0.6) is 5.75 Å². The molecule has 1 saturated carbocycles. The molecule has 1 aromatic carbocycles. The van der Waals surface area contributed by atoms with Crippen LogP contribution in [-0.4, -0.2) is 19.0 Å². The molecule has 1 aromatic rings. The van der Waals surface area contributed by atoms with Crippen LogP contribution < -0.4 is 15.2 Å². The molecule has 1 aliphatic rings. The van der Waals surface area contributed by atoms with Gasteiger partial charge in [0.05, 0.1) is 12.8 Å². The van der Waals surface area contributed by atoms with Crippen LogP contribution in [0.15, 0.2) is 18.2 Å². The molecule has 5 nitrogen and oxygen atoms in total. The Morgan fingerprint density at radius 2 is 1.95 bits per heavy atom. The van der Waals surface area contributed by atoms with E-state index >= 15 is 0 Å². The highest BCUT2D eigenvalue weighted by molar-refractivity contribution is 6.31. The van der Waals surface area contributed by atoms with Gasteiger partial charge >= 0.3 is 0 Å². The van der Waals surface area contributed by atoms with Crippen molar-refractivity contribution in [2.45, 2.75) is 25.7 Å². The molecule has 2 atom stereocenters. The highest BCUT2D eigenvalue weighted by Gasteiger charge is 2.32. The topological polar surface area (TPSA) is 78.5 Å². The summed E-state index contributed by atoms with van der Waals surface area (Å²) in [6, 6.07) is 4.88. The summed E-state index contributed by atoms with van der Waals surface area (Å²) >= 11 is 5.91. The summed E-state index contributed by atoms with van der Waals surface area (Å²) in [5.41, 5.74) is 0.442. The van der Waals surface area contributed by atoms with Crippen molar-refractivity contribution in [3.63, 3.8) is 0 Å². The standard InChI is InChI=1S/C15H18ClNO4/c1-21-13-7-6-9(16)8-12(13)17-14(18)10-4-2-3-5-11(10)15(19)20/h6-8,10-11H,2-5H2,1H3,(H,17,18)(H,19,20)/p-1/t10-,11-/m1/s1. The van der Waals surface area contributed by atoms with Crippen LogP contribution in [-0.2, 0) is 9.59 Å². The number of hydrogen-bond acceptors (Lipinski definition) is 4. The molecule has 0 heterocycles. The number of benzene rings is 1. The first-order valence-corrected chi connectivity index (χ1v) is 7.26. The number of carboxylic acid groups (broad SMARTS) is 1. The van der Waals surface area contributed by atoms with Gasteiger partial charge in [-0.2, -0.15) is 0 Å². The van der Waals surface area contributed by atoms with Crippen molar-refractivity contribution in [2.75, 3.05) is 12.4 Å². The molecule has 21 heavy (non-hydrogen) atoms. The van der Waals surface area contributed by atoms with Gasteiger partial charge in [-0.1, -0.05) is 24.4 Å². The lowest BCUT2D eigenvalue weighted by Gasteiger charge is -2.31. The number of amides is 1. The molecule has 114 valence electrons. The second-order valence-corrected chi connectivity index (χ2v) is 5.59. The molecule has 6 heteroatoms. The molecule has 0 spiro atoms. The van der Waals surface area contributed by atoms with Crippen molar-refractivity contribution in [1.29, 1.82) is 0 Å². The zero-order chi connectivity index (χ0) is 15.4. The van der Waals surface area contributed by atoms with Crippen LogP contribution >= 0.6 is 11.6 Å². The number of carbonyl (C=O) groups excluding carboxylic acids is 2. The maximum absolute atomic E-state index is 12.4. The zero-order valence-corrected chi connectivity index (χ0v) is 12.5. The minimum atomic E-state index is -1.16. The molecule has 0 aliphatic heterocycles. The Hall–Kier alpha value is -1.75. The Bertz CT molecular complexity index is 546. The molecule has 0 aromatic heterocycles. The van der Waals surface area contributed by atoms with Crippen molar-refractivity contribution in [3.8, 4) is 5.75 Å². The third-order valence-electron chi connectivity index (χ3n) is 3.82. The van der Waals surface area contributed by atoms with Gasteiger partial charge in [0.1, 0.15) is 5.75 Å². The van der Waals surface area contributed by atoms with E-state index in [1.54, 1.807) is 18.2 Å². The summed E-state index contributed by atoms with van der Waals surface area (Å²) in [4.78, 5) is 23.5. The zero-order valence-electron chi connectivity index (χ0n) is 11.7. The average molecular weight is 311 g/mol. The number of methoxy groups -OCH3 is 1. The fourth-order valence-corrected chi connectivity index (χ4v) is 2.90. The second-order valence-electron chi connectivity index (χ2n) is 5.15. The molecule has 0 unspecified atom stereocenters. The number of halogens is 1. The van der Waals surface area contributed by atoms with Crippen molar-refractivity contribution in [1.82, 2.24) is 0 Å². The van der Waals surface area contributed by atoms with Crippen LogP contribution in [0.1, 0.15) is 25.7 Å². The molecule has 2 rings (SSSR count). The van der Waals surface area contributed by atoms with Crippen LogP contribution in [0.2, 0.25) is 5.02 Å². The Labute approximate surface area is 128 Å². The number of rotatable bonds is 4. The van der Waals surface area contributed by atoms with Crippen LogP contribution in [0, 0.1) is 11.8 Å². The SMILES string of the molecule is COc1ccc(Cl)cc1NC(=O)[C@@H]1CCCC[C@H]1C(=O)[O-]. The van der Waals surface area contributed by atoms with E-state index in [0.29, 0.717) is 29.3 Å². The first-order valence-electron chi connectivity index (χ1n) is 6.88. The van der Waals surface area contributed by atoms with E-state index in [-0.39, 0.29) is 5.91 Å². The van der Waals surface area contributed by atoms with Gasteiger partial charge in [0, 0.05) is 22.8 Å². The van der Waals surface area contributed by atoms with Crippen molar-refractivity contribution in [3.05, 3.63) is 23.2 Å². The van der Waals surface area contributed by atoms with E-state index < -0.39 is 17.8 Å². The van der Waals surface area contributed by atoms with E-state index in [9.17, 15) is 14.7 Å². The van der Waals surface area contributed by atoms with E-state index in [2.05, 4.69) is 5.32 Å². The molecule has 0 bridgehead atoms. The lowest BCUT2D eigenvalue weighted by Crippen LogP contribution is -2.42. The molecule has 1 fully saturated rings. The summed E-state index contributed by atoms with van der Waals surface area (Å²) in [6.45, 7) is 0. The number of anilines is 1. The second kappa shape index (κ2) is 6.80. The van der Waals surface area contributed by atoms with Gasteiger partial charge in [-0.05, 0) is 31.0 Å². The van der Waals surface area contributed by atoms with Crippen LogP contribution in [0.3, 0.4) is 0 Å². The fourth-order valence-electron chi connectivity index (χ4n) is 2.73. The van der Waals surface area contributed by atoms with E-state index in [1.165, 1.54) is 7.11 Å². The van der Waals surface area contributed by atoms with E-state index in [0.717, 1.165) is 12.8 Å². The van der Waals surface area contributed by atoms with Gasteiger partial charge in [-0.15, -0.1) is 0 Å². The third kappa shape index (κ3) is 3.67. The predicted molar refractivity (Wildman–Crippen MR) is 77.1 cm³/mol. The van der Waals surface area contributed by atoms with E-state index in [1.807, 2.05) is 0 Å². The van der Waals surface area contributed by atoms with Gasteiger partial charge in [-0.3, -0.25) is 4.79 Å². The quantitative estimate of drug-likeness (QED) is 0.920. The van der Waals surface area contributed by atoms with Crippen LogP contribution in [0.4, 0.5) is 5.69 Å². The van der Waals surface area contributed by atoms with E-state index in [4.69, 9.17) is 16.3 Å². The molecule has 1 N–H and O–H groups in total. The molecule has 0 saturated heterocycles. The average Bonchev–Trinajstić information content (AvgIpc) is 2.47. The molecule has 0 radical (unpaired) electrons. The van der Waals surface area contributed by atoms with Crippen molar-refractivity contribution >= 4 is 29.2 Å². The summed E-state index contributed by atoms with van der Waals surface area (Å²) in [7, 11) is 1.49. The van der Waals surface area contributed by atoms with Gasteiger partial charge in [0.25, 0.3) is 0 Å². The molecular formula is C15H17ClNO4-. The highest BCUT2D eigenvalue weighted by Crippen LogP contribution is 2.33. The van der Waals surface area contributed by atoms with Crippen molar-refractivity contribution < 1.29 is 19.4 Å². The lowest BCUT2D eigenvalue weighted by molar-refractivity contribution is -0.313. The van der Waals surface area contributed by atoms with Crippen LogP contribution in [0.25, 0.3) is 0 Å². The monoisotopic (exact) mass is 310 g/mol. The smallest absolute Gasteiger partial charge is 0.228 e. The molecule has 1 amide bonds. The number of hydrogen-bond donors (Lipinski definition) is 1. The highest BCUT2D eigenvalue weighted by atomic mass is 35.5. The first-order chi connectivity index (χ1) is 10.0. The largest absolute Gasteiger partial charge is 0.550 e. The number of aliphatic carboxylic acids is 1. The number of nitrogens with one attached hydrogen (secondary N) is 1. The fraction of sp³-hybridized carbons (Fsp3) is 0.467. The Morgan fingerprint density at radius 3 is 2.57 bits per heavy atom. The number of carboxylic acids is 1. The normalized spacial score (nSPS) is 21.6. The van der Waals surface area contributed by atoms with Gasteiger partial charge in [0.15, 0.2) is 0 Å². The van der Waals surface area contributed by atoms with Crippen molar-refractivity contribution in [2.24, 2.45) is 11.8 Å². The predicted octanol–water partition coefficient (Wildman–Crippen LogP) is 1.84. The minimum Gasteiger partial charge on any atom is -0.550 e. The van der Waals surface area contributed by atoms with Gasteiger partial charge < -0.3 is 20.0 Å². The summed E-state index contributed by atoms with van der Waals surface area (Å²) in [6.07, 6.45) is 2.68. The Morgan fingerprint density at radius 1 is 1.29 bits per heavy atom. The third-order valence-corrected chi connectivity index (χ3v) is 4.06. The maximum Gasteiger partial charge on any atom is 0.228 e. The van der Waals surface area contributed by atoms with Gasteiger partial charge in [0.2, 0.25) is 5.91 Å². The first kappa shape index (κ1) is 15.6. The molecule has 1 aliphatic carbocycles. The van der Waals surface area contributed by atoms with Gasteiger partial charge in [-0.25, -0.2) is 0 Å². The lowest BCUT2D eigenvalue weighted by atomic mass is 9.78. The molecular weight excluding hydrogens is 294 g/mol. The summed E-state index contributed by atoms with van der Waals surface area (Å²) < 4.78 is 5.16. The number of ether oxygens (including phenoxy) is 1. The Balaban J connectivity index is 2.16. The maximum atomic E-state index is 12.4. The minimum absolute atomic E-state index is 0.329.